The number of amides is 2. The molecule has 19 heavy (non-hydrogen) atoms. The molecule has 0 atom stereocenters. The minimum Gasteiger partial charge on any atom is -0.491 e. The maximum absolute atomic E-state index is 11.5. The van der Waals surface area contributed by atoms with Gasteiger partial charge in [-0.15, -0.1) is 0 Å². The van der Waals surface area contributed by atoms with Crippen LogP contribution in [0.5, 0.6) is 5.75 Å². The van der Waals surface area contributed by atoms with Crippen LogP contribution in [0.25, 0.3) is 0 Å². The minimum absolute atomic E-state index is 0.259. The standard InChI is InChI=1S/C13H20N2O4/c1-17-8-7-14-13(16)15-11-3-5-12(6-4-11)19-10-9-18-2/h3-6H,7-10H2,1-2H3,(H2,14,15,16). The van der Waals surface area contributed by atoms with Crippen molar-refractivity contribution >= 4 is 11.7 Å². The lowest BCUT2D eigenvalue weighted by Gasteiger charge is -2.09. The minimum atomic E-state index is -0.259. The summed E-state index contributed by atoms with van der Waals surface area (Å²) in [6.07, 6.45) is 0. The maximum atomic E-state index is 11.5. The molecule has 106 valence electrons. The van der Waals surface area contributed by atoms with Gasteiger partial charge in [-0.05, 0) is 24.3 Å². The summed E-state index contributed by atoms with van der Waals surface area (Å²) in [5, 5.41) is 5.38. The van der Waals surface area contributed by atoms with Gasteiger partial charge in [0, 0.05) is 26.5 Å². The topological polar surface area (TPSA) is 68.8 Å². The zero-order valence-corrected chi connectivity index (χ0v) is 11.3. The maximum Gasteiger partial charge on any atom is 0.319 e. The second kappa shape index (κ2) is 9.18. The number of benzene rings is 1. The molecule has 0 spiro atoms. The largest absolute Gasteiger partial charge is 0.491 e. The number of methoxy groups -OCH3 is 2. The zero-order chi connectivity index (χ0) is 13.9. The molecule has 6 heteroatoms. The molecule has 0 aliphatic carbocycles. The first kappa shape index (κ1) is 15.3. The van der Waals surface area contributed by atoms with Crippen LogP contribution >= 0.6 is 0 Å². The number of carbonyl (C=O) groups excluding carboxylic acids is 1. The quantitative estimate of drug-likeness (QED) is 0.701. The highest BCUT2D eigenvalue weighted by atomic mass is 16.5. The van der Waals surface area contributed by atoms with Crippen LogP contribution < -0.4 is 15.4 Å². The van der Waals surface area contributed by atoms with Gasteiger partial charge in [0.05, 0.1) is 13.2 Å². The fourth-order valence-corrected chi connectivity index (χ4v) is 1.32. The Morgan fingerprint density at radius 1 is 1.05 bits per heavy atom. The van der Waals surface area contributed by atoms with Crippen molar-refractivity contribution in [3.05, 3.63) is 24.3 Å². The SMILES string of the molecule is COCCNC(=O)Nc1ccc(OCCOC)cc1. The number of hydrogen-bond donors (Lipinski definition) is 2. The van der Waals surface area contributed by atoms with Crippen LogP contribution in [0.3, 0.4) is 0 Å². The number of anilines is 1. The van der Waals surface area contributed by atoms with Gasteiger partial charge in [0.1, 0.15) is 12.4 Å². The Bertz CT molecular complexity index is 367. The van der Waals surface area contributed by atoms with E-state index in [9.17, 15) is 4.79 Å². The average molecular weight is 268 g/mol. The molecule has 0 unspecified atom stereocenters. The number of urea groups is 1. The fraction of sp³-hybridized carbons (Fsp3) is 0.462. The van der Waals surface area contributed by atoms with Gasteiger partial charge in [-0.2, -0.15) is 0 Å². The molecule has 0 saturated heterocycles. The molecule has 0 heterocycles. The van der Waals surface area contributed by atoms with Crippen molar-refractivity contribution in [2.24, 2.45) is 0 Å². The summed E-state index contributed by atoms with van der Waals surface area (Å²) in [7, 11) is 3.21. The third-order valence-corrected chi connectivity index (χ3v) is 2.26. The predicted octanol–water partition coefficient (Wildman–Crippen LogP) is 1.48. The molecule has 1 rings (SSSR count). The Labute approximate surface area is 113 Å². The molecule has 1 aromatic rings. The summed E-state index contributed by atoms with van der Waals surface area (Å²) in [4.78, 5) is 11.5. The van der Waals surface area contributed by atoms with Crippen LogP contribution in [0, 0.1) is 0 Å². The summed E-state index contributed by atoms with van der Waals surface area (Å²) < 4.78 is 15.1. The smallest absolute Gasteiger partial charge is 0.319 e. The molecular formula is C13H20N2O4. The van der Waals surface area contributed by atoms with Crippen molar-refractivity contribution in [1.82, 2.24) is 5.32 Å². The van der Waals surface area contributed by atoms with Gasteiger partial charge < -0.3 is 24.8 Å². The average Bonchev–Trinajstić information content (AvgIpc) is 2.41. The van der Waals surface area contributed by atoms with Crippen LogP contribution in [-0.2, 0) is 9.47 Å². The Kier molecular flexibility index (Phi) is 7.38. The Hall–Kier alpha value is -1.79. The van der Waals surface area contributed by atoms with E-state index in [2.05, 4.69) is 10.6 Å². The van der Waals surface area contributed by atoms with Crippen molar-refractivity contribution in [2.75, 3.05) is 45.9 Å². The molecule has 6 nitrogen and oxygen atoms in total. The van der Waals surface area contributed by atoms with E-state index in [1.54, 1.807) is 38.5 Å². The highest BCUT2D eigenvalue weighted by molar-refractivity contribution is 5.89. The highest BCUT2D eigenvalue weighted by Crippen LogP contribution is 2.15. The van der Waals surface area contributed by atoms with E-state index >= 15 is 0 Å². The van der Waals surface area contributed by atoms with E-state index in [1.165, 1.54) is 0 Å². The number of rotatable bonds is 8. The van der Waals surface area contributed by atoms with Gasteiger partial charge >= 0.3 is 6.03 Å². The number of hydrogen-bond acceptors (Lipinski definition) is 4. The first-order chi connectivity index (χ1) is 9.26. The molecule has 0 fully saturated rings. The third kappa shape index (κ3) is 6.64. The molecule has 0 saturated carbocycles. The number of nitrogens with one attached hydrogen (secondary N) is 2. The van der Waals surface area contributed by atoms with Crippen LogP contribution in [0.1, 0.15) is 0 Å². The van der Waals surface area contributed by atoms with Crippen LogP contribution in [0.2, 0.25) is 0 Å². The third-order valence-electron chi connectivity index (χ3n) is 2.26. The zero-order valence-electron chi connectivity index (χ0n) is 11.3. The monoisotopic (exact) mass is 268 g/mol. The lowest BCUT2D eigenvalue weighted by atomic mass is 10.3. The first-order valence-electron chi connectivity index (χ1n) is 6.02. The summed E-state index contributed by atoms with van der Waals surface area (Å²) in [5.74, 6) is 0.738. The number of ether oxygens (including phenoxy) is 3. The van der Waals surface area contributed by atoms with Gasteiger partial charge in [0.2, 0.25) is 0 Å². The highest BCUT2D eigenvalue weighted by Gasteiger charge is 2.01. The second-order valence-electron chi connectivity index (χ2n) is 3.74. The van der Waals surface area contributed by atoms with E-state index in [-0.39, 0.29) is 6.03 Å². The Morgan fingerprint density at radius 2 is 1.74 bits per heavy atom. The van der Waals surface area contributed by atoms with Crippen molar-refractivity contribution < 1.29 is 19.0 Å². The van der Waals surface area contributed by atoms with Crippen molar-refractivity contribution in [1.29, 1.82) is 0 Å². The second-order valence-corrected chi connectivity index (χ2v) is 3.74. The van der Waals surface area contributed by atoms with Crippen LogP contribution in [0.4, 0.5) is 10.5 Å². The molecule has 2 amide bonds. The van der Waals surface area contributed by atoms with Crippen LogP contribution in [-0.4, -0.2) is 46.6 Å². The fourth-order valence-electron chi connectivity index (χ4n) is 1.32. The van der Waals surface area contributed by atoms with E-state index in [0.717, 1.165) is 5.75 Å². The van der Waals surface area contributed by atoms with Crippen LogP contribution in [0.15, 0.2) is 24.3 Å². The van der Waals surface area contributed by atoms with Gasteiger partial charge in [0.15, 0.2) is 0 Å². The summed E-state index contributed by atoms with van der Waals surface area (Å²) >= 11 is 0. The predicted molar refractivity (Wildman–Crippen MR) is 72.7 cm³/mol. The normalized spacial score (nSPS) is 10.0. The molecule has 2 N–H and O–H groups in total. The molecule has 0 bridgehead atoms. The van der Waals surface area contributed by atoms with Gasteiger partial charge in [-0.1, -0.05) is 0 Å². The summed E-state index contributed by atoms with van der Waals surface area (Å²) in [6.45, 7) is 2.00. The lowest BCUT2D eigenvalue weighted by Crippen LogP contribution is -2.31. The Morgan fingerprint density at radius 3 is 2.37 bits per heavy atom. The van der Waals surface area contributed by atoms with Crippen molar-refractivity contribution in [3.8, 4) is 5.75 Å². The Balaban J connectivity index is 2.32. The summed E-state index contributed by atoms with van der Waals surface area (Å²) in [5.41, 5.74) is 0.703. The number of carbonyl (C=O) groups is 1. The van der Waals surface area contributed by atoms with E-state index in [1.807, 2.05) is 0 Å². The first-order valence-corrected chi connectivity index (χ1v) is 6.02. The van der Waals surface area contributed by atoms with Crippen molar-refractivity contribution in [3.63, 3.8) is 0 Å². The summed E-state index contributed by atoms with van der Waals surface area (Å²) in [6, 6.07) is 6.88. The van der Waals surface area contributed by atoms with Gasteiger partial charge in [0.25, 0.3) is 0 Å². The molecule has 0 radical (unpaired) electrons. The lowest BCUT2D eigenvalue weighted by molar-refractivity contribution is 0.146. The molecular weight excluding hydrogens is 248 g/mol. The van der Waals surface area contributed by atoms with Gasteiger partial charge in [-0.25, -0.2) is 4.79 Å². The molecule has 0 aliphatic heterocycles. The van der Waals surface area contributed by atoms with E-state index < -0.39 is 0 Å². The van der Waals surface area contributed by atoms with E-state index in [0.29, 0.717) is 32.1 Å². The van der Waals surface area contributed by atoms with E-state index in [4.69, 9.17) is 14.2 Å². The van der Waals surface area contributed by atoms with Gasteiger partial charge in [-0.3, -0.25) is 0 Å². The van der Waals surface area contributed by atoms with Crippen molar-refractivity contribution in [2.45, 2.75) is 0 Å². The molecule has 0 aromatic heterocycles. The molecule has 0 aliphatic rings. The molecule has 1 aromatic carbocycles.